The van der Waals surface area contributed by atoms with Gasteiger partial charge in [-0.05, 0) is 48.8 Å². The third kappa shape index (κ3) is 2.95. The number of nitrogens with zero attached hydrogens (tertiary/aromatic N) is 2. The molecule has 1 amide bonds. The van der Waals surface area contributed by atoms with Crippen LogP contribution in [0.2, 0.25) is 0 Å². The second kappa shape index (κ2) is 6.56. The number of rotatable bonds is 3. The van der Waals surface area contributed by atoms with Gasteiger partial charge >= 0.3 is 0 Å². The zero-order chi connectivity index (χ0) is 21.3. The van der Waals surface area contributed by atoms with Gasteiger partial charge in [-0.1, -0.05) is 32.9 Å². The van der Waals surface area contributed by atoms with Gasteiger partial charge in [0.15, 0.2) is 0 Å². The summed E-state index contributed by atoms with van der Waals surface area (Å²) in [6.45, 7) is 7.00. The lowest BCUT2D eigenvalue weighted by molar-refractivity contribution is -0.122. The van der Waals surface area contributed by atoms with Crippen LogP contribution in [0.5, 0.6) is 0 Å². The molecule has 2 atom stereocenters. The predicted octanol–water partition coefficient (Wildman–Crippen LogP) is 4.46. The quantitative estimate of drug-likeness (QED) is 0.756. The fraction of sp³-hybridized carbons (Fsp3) is 0.480. The van der Waals surface area contributed by atoms with E-state index in [1.54, 1.807) is 0 Å². The van der Waals surface area contributed by atoms with Crippen LogP contribution in [0.1, 0.15) is 39.3 Å². The Kier molecular flexibility index (Phi) is 4.28. The molecule has 30 heavy (non-hydrogen) atoms. The summed E-state index contributed by atoms with van der Waals surface area (Å²) in [4.78, 5) is 15.4. The zero-order valence-electron chi connectivity index (χ0n) is 18.4. The van der Waals surface area contributed by atoms with Crippen LogP contribution in [0, 0.1) is 5.41 Å². The average molecular weight is 407 g/mol. The second-order valence-corrected chi connectivity index (χ2v) is 9.89. The number of carbonyl (C=O) groups excluding carboxylic acids is 1. The SMILES string of the molecule is CN(C(=O)C1(C2=CC3OCOC3C=C2)CC1)c1ccc2c(c1)cc(C(C)(C)C)n2C. The lowest BCUT2D eigenvalue weighted by Gasteiger charge is -2.27. The van der Waals surface area contributed by atoms with E-state index in [1.807, 2.05) is 18.0 Å². The van der Waals surface area contributed by atoms with Crippen molar-refractivity contribution in [2.45, 2.75) is 51.2 Å². The molecular formula is C25H30N2O3. The average Bonchev–Trinajstić information content (AvgIpc) is 3.26. The number of aromatic nitrogens is 1. The minimum absolute atomic E-state index is 0.0186. The number of carbonyl (C=O) groups is 1. The molecule has 2 unspecified atom stereocenters. The Morgan fingerprint density at radius 2 is 1.90 bits per heavy atom. The van der Waals surface area contributed by atoms with Crippen LogP contribution in [-0.4, -0.2) is 36.5 Å². The third-order valence-corrected chi connectivity index (χ3v) is 6.85. The number of hydrogen-bond donors (Lipinski definition) is 0. The minimum Gasteiger partial charge on any atom is -0.347 e. The van der Waals surface area contributed by atoms with Crippen molar-refractivity contribution < 1.29 is 14.3 Å². The molecule has 2 fully saturated rings. The Morgan fingerprint density at radius 1 is 1.17 bits per heavy atom. The number of benzene rings is 1. The summed E-state index contributed by atoms with van der Waals surface area (Å²) in [6, 6.07) is 8.55. The van der Waals surface area contributed by atoms with Gasteiger partial charge in [0.2, 0.25) is 5.91 Å². The van der Waals surface area contributed by atoms with E-state index >= 15 is 0 Å². The van der Waals surface area contributed by atoms with E-state index < -0.39 is 5.41 Å². The highest BCUT2D eigenvalue weighted by Gasteiger charge is 2.54. The first-order valence-electron chi connectivity index (χ1n) is 10.7. The van der Waals surface area contributed by atoms with Gasteiger partial charge in [-0.2, -0.15) is 0 Å². The van der Waals surface area contributed by atoms with Crippen molar-refractivity contribution in [1.29, 1.82) is 0 Å². The monoisotopic (exact) mass is 406 g/mol. The van der Waals surface area contributed by atoms with Gasteiger partial charge in [-0.25, -0.2) is 0 Å². The van der Waals surface area contributed by atoms with Crippen molar-refractivity contribution >= 4 is 22.5 Å². The Balaban J connectivity index is 1.44. The Bertz CT molecular complexity index is 1080. The Labute approximate surface area is 177 Å². The molecule has 1 aliphatic heterocycles. The molecule has 5 nitrogen and oxygen atoms in total. The Hall–Kier alpha value is -2.37. The molecule has 2 aliphatic carbocycles. The summed E-state index contributed by atoms with van der Waals surface area (Å²) >= 11 is 0. The number of ether oxygens (including phenoxy) is 2. The molecule has 2 aromatic rings. The van der Waals surface area contributed by atoms with Crippen molar-refractivity contribution in [3.8, 4) is 0 Å². The predicted molar refractivity (Wildman–Crippen MR) is 119 cm³/mol. The van der Waals surface area contributed by atoms with E-state index in [4.69, 9.17) is 9.47 Å². The number of fused-ring (bicyclic) bond motifs is 2. The summed E-state index contributed by atoms with van der Waals surface area (Å²) in [5.74, 6) is 0.155. The van der Waals surface area contributed by atoms with Crippen LogP contribution in [0.25, 0.3) is 10.9 Å². The summed E-state index contributed by atoms with van der Waals surface area (Å²) in [5.41, 5.74) is 4.12. The molecule has 1 saturated carbocycles. The normalized spacial score (nSPS) is 24.6. The first-order valence-corrected chi connectivity index (χ1v) is 10.7. The molecule has 1 saturated heterocycles. The highest BCUT2D eigenvalue weighted by molar-refractivity contribution is 6.03. The van der Waals surface area contributed by atoms with Crippen LogP contribution in [0.3, 0.4) is 0 Å². The van der Waals surface area contributed by atoms with Gasteiger partial charge in [0.1, 0.15) is 19.0 Å². The summed E-state index contributed by atoms with van der Waals surface area (Å²) in [7, 11) is 4.00. The van der Waals surface area contributed by atoms with E-state index in [-0.39, 0.29) is 23.5 Å². The summed E-state index contributed by atoms with van der Waals surface area (Å²) in [6.07, 6.45) is 7.85. The van der Waals surface area contributed by atoms with Gasteiger partial charge in [0, 0.05) is 41.8 Å². The topological polar surface area (TPSA) is 43.7 Å². The largest absolute Gasteiger partial charge is 0.347 e. The molecule has 3 aliphatic rings. The van der Waals surface area contributed by atoms with E-state index in [9.17, 15) is 4.79 Å². The van der Waals surface area contributed by atoms with Crippen molar-refractivity contribution in [3.05, 3.63) is 53.8 Å². The molecule has 0 radical (unpaired) electrons. The summed E-state index contributed by atoms with van der Waals surface area (Å²) < 4.78 is 13.4. The maximum Gasteiger partial charge on any atom is 0.237 e. The van der Waals surface area contributed by atoms with Crippen LogP contribution in [0.15, 0.2) is 48.1 Å². The van der Waals surface area contributed by atoms with E-state index in [0.29, 0.717) is 6.79 Å². The van der Waals surface area contributed by atoms with Gasteiger partial charge in [-0.15, -0.1) is 0 Å². The second-order valence-electron chi connectivity index (χ2n) is 9.89. The number of aryl methyl sites for hydroxylation is 1. The maximum atomic E-state index is 13.6. The highest BCUT2D eigenvalue weighted by Crippen LogP contribution is 2.55. The van der Waals surface area contributed by atoms with Gasteiger partial charge in [0.05, 0.1) is 5.41 Å². The van der Waals surface area contributed by atoms with E-state index in [0.717, 1.165) is 24.1 Å². The fourth-order valence-electron chi connectivity index (χ4n) is 4.90. The van der Waals surface area contributed by atoms with Crippen molar-refractivity contribution in [3.63, 3.8) is 0 Å². The highest BCUT2D eigenvalue weighted by atomic mass is 16.7. The standard InChI is InChI=1S/C25H30N2O3/c1-24(2,3)22-13-16-12-18(7-8-19(16)27(22)5)26(4)23(28)25(10-11-25)17-6-9-20-21(14-17)30-15-29-20/h6-9,12-14,20-21H,10-11,15H2,1-5H3. The Morgan fingerprint density at radius 3 is 2.60 bits per heavy atom. The molecule has 1 aromatic carbocycles. The molecule has 1 aromatic heterocycles. The molecule has 0 spiro atoms. The number of anilines is 1. The maximum absolute atomic E-state index is 13.6. The fourth-order valence-corrected chi connectivity index (χ4v) is 4.90. The van der Waals surface area contributed by atoms with Crippen molar-refractivity contribution in [1.82, 2.24) is 4.57 Å². The van der Waals surface area contributed by atoms with Crippen molar-refractivity contribution in [2.75, 3.05) is 18.7 Å². The van der Waals surface area contributed by atoms with Gasteiger partial charge < -0.3 is 18.9 Å². The van der Waals surface area contributed by atoms with Crippen LogP contribution in [-0.2, 0) is 26.7 Å². The number of allylic oxidation sites excluding steroid dienone is 1. The zero-order valence-corrected chi connectivity index (χ0v) is 18.4. The van der Waals surface area contributed by atoms with Gasteiger partial charge in [-0.3, -0.25) is 4.79 Å². The molecule has 5 heteroatoms. The van der Waals surface area contributed by atoms with E-state index in [1.165, 1.54) is 16.6 Å². The first-order chi connectivity index (χ1) is 14.2. The molecule has 2 heterocycles. The van der Waals surface area contributed by atoms with Crippen LogP contribution in [0.4, 0.5) is 5.69 Å². The van der Waals surface area contributed by atoms with Crippen molar-refractivity contribution in [2.24, 2.45) is 12.5 Å². The third-order valence-electron chi connectivity index (χ3n) is 6.85. The summed E-state index contributed by atoms with van der Waals surface area (Å²) in [5, 5.41) is 1.17. The lowest BCUT2D eigenvalue weighted by atomic mass is 9.88. The lowest BCUT2D eigenvalue weighted by Crippen LogP contribution is -2.36. The van der Waals surface area contributed by atoms with E-state index in [2.05, 4.69) is 68.8 Å². The number of hydrogen-bond acceptors (Lipinski definition) is 3. The van der Waals surface area contributed by atoms with Gasteiger partial charge in [0.25, 0.3) is 0 Å². The number of amides is 1. The molecule has 0 bridgehead atoms. The molecule has 158 valence electrons. The first kappa shape index (κ1) is 19.6. The van der Waals surface area contributed by atoms with Crippen LogP contribution < -0.4 is 4.90 Å². The molecule has 5 rings (SSSR count). The van der Waals surface area contributed by atoms with Crippen LogP contribution >= 0.6 is 0 Å². The molecule has 0 N–H and O–H groups in total. The molecular weight excluding hydrogens is 376 g/mol. The minimum atomic E-state index is -0.426. The smallest absolute Gasteiger partial charge is 0.237 e.